The third kappa shape index (κ3) is 5.87. The first-order chi connectivity index (χ1) is 9.65. The van der Waals surface area contributed by atoms with E-state index in [4.69, 9.17) is 9.84 Å². The number of para-hydroxylation sites is 1. The smallest absolute Gasteiger partial charge is 0.303 e. The van der Waals surface area contributed by atoms with Crippen molar-refractivity contribution in [3.05, 3.63) is 29.8 Å². The van der Waals surface area contributed by atoms with Crippen molar-refractivity contribution in [2.24, 2.45) is 0 Å². The lowest BCUT2D eigenvalue weighted by atomic mass is 10.0. The third-order valence-corrected chi connectivity index (χ3v) is 3.03. The molecule has 0 aliphatic carbocycles. The van der Waals surface area contributed by atoms with Crippen LogP contribution in [0.5, 0.6) is 5.75 Å². The summed E-state index contributed by atoms with van der Waals surface area (Å²) in [4.78, 5) is 22.5. The van der Waals surface area contributed by atoms with Crippen LogP contribution in [0.2, 0.25) is 0 Å². The number of ketones is 1. The number of ether oxygens (including phenoxy) is 1. The number of carboxylic acid groups (broad SMARTS) is 1. The fourth-order valence-electron chi connectivity index (χ4n) is 2.03. The lowest BCUT2D eigenvalue weighted by molar-refractivity contribution is -0.137. The van der Waals surface area contributed by atoms with E-state index in [1.54, 1.807) is 6.07 Å². The lowest BCUT2D eigenvalue weighted by Gasteiger charge is -2.08. The van der Waals surface area contributed by atoms with Gasteiger partial charge in [0.15, 0.2) is 5.78 Å². The molecule has 0 atom stereocenters. The van der Waals surface area contributed by atoms with Gasteiger partial charge in [-0.2, -0.15) is 0 Å². The number of unbranched alkanes of at least 4 members (excludes halogenated alkanes) is 3. The Bertz CT molecular complexity index is 440. The second-order valence-corrected chi connectivity index (χ2v) is 4.66. The summed E-state index contributed by atoms with van der Waals surface area (Å²) in [5.74, 6) is -0.0233. The molecule has 0 bridgehead atoms. The number of benzene rings is 1. The Balaban J connectivity index is 2.34. The van der Waals surface area contributed by atoms with E-state index >= 15 is 0 Å². The fourth-order valence-corrected chi connectivity index (χ4v) is 2.03. The Kier molecular flexibility index (Phi) is 7.40. The summed E-state index contributed by atoms with van der Waals surface area (Å²) in [5.41, 5.74) is 0.639. The molecule has 0 saturated carbocycles. The van der Waals surface area contributed by atoms with Crippen LogP contribution in [0.1, 0.15) is 55.8 Å². The highest BCUT2D eigenvalue weighted by atomic mass is 16.5. The van der Waals surface area contributed by atoms with E-state index < -0.39 is 5.97 Å². The van der Waals surface area contributed by atoms with Crippen LogP contribution in [0, 0.1) is 0 Å². The van der Waals surface area contributed by atoms with Crippen molar-refractivity contribution in [2.75, 3.05) is 6.61 Å². The molecule has 0 amide bonds. The van der Waals surface area contributed by atoms with E-state index in [-0.39, 0.29) is 12.2 Å². The Morgan fingerprint density at radius 3 is 2.35 bits per heavy atom. The number of hydrogen-bond acceptors (Lipinski definition) is 3. The zero-order valence-electron chi connectivity index (χ0n) is 11.9. The molecule has 0 fully saturated rings. The maximum Gasteiger partial charge on any atom is 0.303 e. The van der Waals surface area contributed by atoms with Gasteiger partial charge in [-0.25, -0.2) is 0 Å². The molecule has 0 aromatic heterocycles. The Morgan fingerprint density at radius 1 is 1.05 bits per heavy atom. The summed E-state index contributed by atoms with van der Waals surface area (Å²) in [6.07, 6.45) is 3.90. The molecule has 1 aromatic rings. The minimum atomic E-state index is -0.758. The molecule has 1 N–H and O–H groups in total. The van der Waals surface area contributed by atoms with E-state index in [9.17, 15) is 9.59 Å². The Morgan fingerprint density at radius 2 is 1.70 bits per heavy atom. The highest BCUT2D eigenvalue weighted by Crippen LogP contribution is 2.20. The molecule has 0 radical (unpaired) electrons. The zero-order valence-corrected chi connectivity index (χ0v) is 11.9. The zero-order chi connectivity index (χ0) is 14.8. The molecule has 0 unspecified atom stereocenters. The summed E-state index contributed by atoms with van der Waals surface area (Å²) in [5, 5.41) is 8.52. The van der Waals surface area contributed by atoms with Gasteiger partial charge in [0, 0.05) is 12.8 Å². The highest BCUT2D eigenvalue weighted by Gasteiger charge is 2.11. The normalized spacial score (nSPS) is 10.2. The van der Waals surface area contributed by atoms with Crippen molar-refractivity contribution in [3.8, 4) is 5.75 Å². The van der Waals surface area contributed by atoms with Gasteiger partial charge in [-0.15, -0.1) is 0 Å². The summed E-state index contributed by atoms with van der Waals surface area (Å²) in [7, 11) is 0. The lowest BCUT2D eigenvalue weighted by Crippen LogP contribution is -2.03. The van der Waals surface area contributed by atoms with E-state index in [0.717, 1.165) is 19.3 Å². The number of carboxylic acids is 1. The number of Topliss-reactive ketones (excluding diaryl/α,β-unsaturated/α-hetero) is 1. The number of rotatable bonds is 10. The maximum absolute atomic E-state index is 12.1. The van der Waals surface area contributed by atoms with Crippen molar-refractivity contribution in [3.63, 3.8) is 0 Å². The molecule has 0 spiro atoms. The molecule has 0 heterocycles. The molecule has 1 aromatic carbocycles. The molecule has 20 heavy (non-hydrogen) atoms. The maximum atomic E-state index is 12.1. The summed E-state index contributed by atoms with van der Waals surface area (Å²) in [6.45, 7) is 2.43. The molecule has 4 nitrogen and oxygen atoms in total. The van der Waals surface area contributed by atoms with Gasteiger partial charge in [-0.05, 0) is 31.9 Å². The highest BCUT2D eigenvalue weighted by molar-refractivity contribution is 5.98. The minimum absolute atomic E-state index is 0.0901. The van der Waals surface area contributed by atoms with Crippen LogP contribution in [0.3, 0.4) is 0 Å². The third-order valence-electron chi connectivity index (χ3n) is 3.03. The van der Waals surface area contributed by atoms with E-state index in [1.165, 1.54) is 0 Å². The van der Waals surface area contributed by atoms with Crippen LogP contribution in [0.15, 0.2) is 24.3 Å². The minimum Gasteiger partial charge on any atom is -0.493 e. The molecule has 4 heteroatoms. The topological polar surface area (TPSA) is 63.6 Å². The molecule has 0 saturated heterocycles. The Hall–Kier alpha value is -1.84. The van der Waals surface area contributed by atoms with Crippen molar-refractivity contribution in [2.45, 2.75) is 45.4 Å². The first kappa shape index (κ1) is 16.2. The van der Waals surface area contributed by atoms with Crippen LogP contribution in [-0.2, 0) is 4.79 Å². The van der Waals surface area contributed by atoms with Gasteiger partial charge in [-0.1, -0.05) is 25.0 Å². The van der Waals surface area contributed by atoms with E-state index in [0.29, 0.717) is 30.8 Å². The van der Waals surface area contributed by atoms with Gasteiger partial charge < -0.3 is 9.84 Å². The van der Waals surface area contributed by atoms with Crippen LogP contribution in [0.4, 0.5) is 0 Å². The molecular formula is C16H22O4. The van der Waals surface area contributed by atoms with Crippen LogP contribution < -0.4 is 4.74 Å². The molecule has 0 aliphatic heterocycles. The first-order valence-electron chi connectivity index (χ1n) is 7.12. The largest absolute Gasteiger partial charge is 0.493 e. The van der Waals surface area contributed by atoms with Gasteiger partial charge >= 0.3 is 5.97 Å². The van der Waals surface area contributed by atoms with E-state index in [2.05, 4.69) is 0 Å². The number of hydrogen-bond donors (Lipinski definition) is 1. The van der Waals surface area contributed by atoms with Crippen molar-refractivity contribution < 1.29 is 19.4 Å². The summed E-state index contributed by atoms with van der Waals surface area (Å²) >= 11 is 0. The van der Waals surface area contributed by atoms with Gasteiger partial charge in [0.1, 0.15) is 5.75 Å². The summed E-state index contributed by atoms with van der Waals surface area (Å²) in [6, 6.07) is 7.29. The van der Waals surface area contributed by atoms with Crippen molar-refractivity contribution in [1.82, 2.24) is 0 Å². The average molecular weight is 278 g/mol. The van der Waals surface area contributed by atoms with Crippen LogP contribution in [0.25, 0.3) is 0 Å². The Labute approximate surface area is 119 Å². The SMILES string of the molecule is CCOc1ccccc1C(=O)CCCCCCC(=O)O. The van der Waals surface area contributed by atoms with E-state index in [1.807, 2.05) is 25.1 Å². The predicted octanol–water partition coefficient (Wildman–Crippen LogP) is 3.69. The second kappa shape index (κ2) is 9.13. The van der Waals surface area contributed by atoms with Gasteiger partial charge in [0.2, 0.25) is 0 Å². The molecular weight excluding hydrogens is 256 g/mol. The fraction of sp³-hybridized carbons (Fsp3) is 0.500. The number of aliphatic carboxylic acids is 1. The van der Waals surface area contributed by atoms with Gasteiger partial charge in [-0.3, -0.25) is 9.59 Å². The van der Waals surface area contributed by atoms with Crippen LogP contribution >= 0.6 is 0 Å². The monoisotopic (exact) mass is 278 g/mol. The van der Waals surface area contributed by atoms with Crippen molar-refractivity contribution in [1.29, 1.82) is 0 Å². The van der Waals surface area contributed by atoms with Crippen molar-refractivity contribution >= 4 is 11.8 Å². The number of carbonyl (C=O) groups is 2. The summed E-state index contributed by atoms with van der Waals surface area (Å²) < 4.78 is 5.44. The molecule has 0 aliphatic rings. The second-order valence-electron chi connectivity index (χ2n) is 4.66. The standard InChI is InChI=1S/C16H22O4/c1-2-20-15-11-8-7-9-13(15)14(17)10-5-3-4-6-12-16(18)19/h7-9,11H,2-6,10,12H2,1H3,(H,18,19). The molecule has 110 valence electrons. The average Bonchev–Trinajstić information content (AvgIpc) is 2.43. The van der Waals surface area contributed by atoms with Gasteiger partial charge in [0.05, 0.1) is 12.2 Å². The number of carbonyl (C=O) groups excluding carboxylic acids is 1. The predicted molar refractivity (Wildman–Crippen MR) is 77.3 cm³/mol. The molecule has 1 rings (SSSR count). The quantitative estimate of drug-likeness (QED) is 0.523. The first-order valence-corrected chi connectivity index (χ1v) is 7.12. The van der Waals surface area contributed by atoms with Crippen LogP contribution in [-0.4, -0.2) is 23.5 Å². The van der Waals surface area contributed by atoms with Gasteiger partial charge in [0.25, 0.3) is 0 Å².